The molecule has 2 aromatic heterocycles. The summed E-state index contributed by atoms with van der Waals surface area (Å²) in [5.74, 6) is -0.442. The van der Waals surface area contributed by atoms with Crippen LogP contribution in [0.25, 0.3) is 10.6 Å². The van der Waals surface area contributed by atoms with Gasteiger partial charge in [0.05, 0.1) is 17.5 Å². The van der Waals surface area contributed by atoms with Gasteiger partial charge < -0.3 is 5.73 Å². The zero-order valence-corrected chi connectivity index (χ0v) is 10.1. The molecule has 0 bridgehead atoms. The molecule has 0 aliphatic carbocycles. The number of thiazole rings is 1. The van der Waals surface area contributed by atoms with Crippen LogP contribution in [0.2, 0.25) is 0 Å². The molecule has 2 rings (SSSR count). The smallest absolute Gasteiger partial charge is 0.260 e. The molecule has 0 saturated carbocycles. The van der Waals surface area contributed by atoms with E-state index in [1.54, 1.807) is 4.68 Å². The largest absolute Gasteiger partial charge is 0.365 e. The highest BCUT2D eigenvalue weighted by Gasteiger charge is 2.16. The Morgan fingerprint density at radius 1 is 1.50 bits per heavy atom. The zero-order valence-electron chi connectivity index (χ0n) is 9.31. The normalized spacial score (nSPS) is 10.7. The van der Waals surface area contributed by atoms with Gasteiger partial charge in [-0.1, -0.05) is 0 Å². The molecule has 0 aliphatic rings. The van der Waals surface area contributed by atoms with Crippen LogP contribution in [-0.4, -0.2) is 20.7 Å². The van der Waals surface area contributed by atoms with Crippen molar-refractivity contribution in [1.29, 1.82) is 0 Å². The highest BCUT2D eigenvalue weighted by atomic mass is 32.1. The second kappa shape index (κ2) is 3.71. The van der Waals surface area contributed by atoms with Crippen LogP contribution >= 0.6 is 11.3 Å². The van der Waals surface area contributed by atoms with Crippen LogP contribution in [-0.2, 0) is 7.05 Å². The third kappa shape index (κ3) is 1.61. The van der Waals surface area contributed by atoms with E-state index in [0.717, 1.165) is 22.0 Å². The summed E-state index contributed by atoms with van der Waals surface area (Å²) in [6.07, 6.45) is 1.51. The number of amides is 1. The monoisotopic (exact) mass is 236 g/mol. The van der Waals surface area contributed by atoms with Crippen molar-refractivity contribution in [1.82, 2.24) is 14.8 Å². The summed E-state index contributed by atoms with van der Waals surface area (Å²) in [4.78, 5) is 15.7. The van der Waals surface area contributed by atoms with Crippen molar-refractivity contribution in [2.24, 2.45) is 12.8 Å². The Labute approximate surface area is 96.9 Å². The Balaban J connectivity index is 2.54. The van der Waals surface area contributed by atoms with Crippen molar-refractivity contribution in [2.75, 3.05) is 0 Å². The average Bonchev–Trinajstić information content (AvgIpc) is 2.74. The van der Waals surface area contributed by atoms with E-state index in [1.165, 1.54) is 17.5 Å². The second-order valence-electron chi connectivity index (χ2n) is 3.56. The van der Waals surface area contributed by atoms with Crippen molar-refractivity contribution in [3.63, 3.8) is 0 Å². The van der Waals surface area contributed by atoms with Gasteiger partial charge in [-0.15, -0.1) is 11.3 Å². The van der Waals surface area contributed by atoms with Gasteiger partial charge in [-0.05, 0) is 13.8 Å². The van der Waals surface area contributed by atoms with Crippen molar-refractivity contribution in [3.8, 4) is 10.6 Å². The molecule has 5 nitrogen and oxygen atoms in total. The Morgan fingerprint density at radius 3 is 2.62 bits per heavy atom. The molecule has 2 N–H and O–H groups in total. The van der Waals surface area contributed by atoms with Gasteiger partial charge in [-0.25, -0.2) is 4.98 Å². The molecule has 1 amide bonds. The van der Waals surface area contributed by atoms with Crippen molar-refractivity contribution in [2.45, 2.75) is 13.8 Å². The summed E-state index contributed by atoms with van der Waals surface area (Å²) in [6, 6.07) is 0. The number of nitrogens with two attached hydrogens (primary N) is 1. The summed E-state index contributed by atoms with van der Waals surface area (Å²) in [5, 5.41) is 5.10. The first-order valence-corrected chi connectivity index (χ1v) is 5.58. The van der Waals surface area contributed by atoms with Crippen LogP contribution in [0.3, 0.4) is 0 Å². The number of nitrogens with zero attached hydrogens (tertiary/aromatic N) is 3. The number of carbonyl (C=O) groups excluding carboxylic acids is 1. The predicted octanol–water partition coefficient (Wildman–Crippen LogP) is 1.26. The number of aromatic nitrogens is 3. The highest BCUT2D eigenvalue weighted by molar-refractivity contribution is 7.16. The number of carbonyl (C=O) groups is 1. The fraction of sp³-hybridized carbons (Fsp3) is 0.300. The molecular formula is C10H12N4OS. The lowest BCUT2D eigenvalue weighted by molar-refractivity contribution is 0.100. The van der Waals surface area contributed by atoms with Crippen LogP contribution in [0.4, 0.5) is 0 Å². The maximum absolute atomic E-state index is 11.0. The van der Waals surface area contributed by atoms with E-state index in [4.69, 9.17) is 5.73 Å². The van der Waals surface area contributed by atoms with Crippen LogP contribution in [0.5, 0.6) is 0 Å². The topological polar surface area (TPSA) is 73.8 Å². The molecule has 0 aromatic carbocycles. The quantitative estimate of drug-likeness (QED) is 0.853. The van der Waals surface area contributed by atoms with Crippen LogP contribution in [0, 0.1) is 13.8 Å². The second-order valence-corrected chi connectivity index (χ2v) is 4.59. The Morgan fingerprint density at radius 2 is 2.19 bits per heavy atom. The molecular weight excluding hydrogens is 224 g/mol. The van der Waals surface area contributed by atoms with Gasteiger partial charge >= 0.3 is 0 Å². The fourth-order valence-corrected chi connectivity index (χ4v) is 2.50. The lowest BCUT2D eigenvalue weighted by Crippen LogP contribution is -2.08. The van der Waals surface area contributed by atoms with E-state index in [1.807, 2.05) is 20.9 Å². The van der Waals surface area contributed by atoms with Crippen LogP contribution < -0.4 is 5.73 Å². The Kier molecular flexibility index (Phi) is 2.51. The van der Waals surface area contributed by atoms with Gasteiger partial charge in [0.15, 0.2) is 0 Å². The maximum Gasteiger partial charge on any atom is 0.260 e. The fourth-order valence-electron chi connectivity index (χ4n) is 1.59. The lowest BCUT2D eigenvalue weighted by Gasteiger charge is -1.96. The van der Waals surface area contributed by atoms with E-state index in [-0.39, 0.29) is 0 Å². The van der Waals surface area contributed by atoms with Gasteiger partial charge in [-0.3, -0.25) is 9.48 Å². The van der Waals surface area contributed by atoms with Gasteiger partial charge in [-0.2, -0.15) is 5.10 Å². The first-order valence-electron chi connectivity index (χ1n) is 4.77. The Bertz CT molecular complexity index is 555. The number of aryl methyl sites for hydroxylation is 2. The molecule has 84 valence electrons. The number of hydrogen-bond donors (Lipinski definition) is 1. The summed E-state index contributed by atoms with van der Waals surface area (Å²) in [6.45, 7) is 3.90. The SMILES string of the molecule is Cc1nn(C)c(C)c1-c1ncc(C(N)=O)s1. The summed E-state index contributed by atoms with van der Waals surface area (Å²) in [7, 11) is 1.88. The van der Waals surface area contributed by atoms with E-state index in [2.05, 4.69) is 10.1 Å². The van der Waals surface area contributed by atoms with Gasteiger partial charge in [0.1, 0.15) is 9.88 Å². The third-order valence-corrected chi connectivity index (χ3v) is 3.50. The van der Waals surface area contributed by atoms with E-state index in [0.29, 0.717) is 4.88 Å². The third-order valence-electron chi connectivity index (χ3n) is 2.47. The molecule has 0 unspecified atom stereocenters. The van der Waals surface area contributed by atoms with Gasteiger partial charge in [0, 0.05) is 12.7 Å². The molecule has 2 heterocycles. The highest BCUT2D eigenvalue weighted by Crippen LogP contribution is 2.29. The van der Waals surface area contributed by atoms with E-state index >= 15 is 0 Å². The summed E-state index contributed by atoms with van der Waals surface area (Å²) in [5.41, 5.74) is 8.12. The van der Waals surface area contributed by atoms with Crippen LogP contribution in [0.15, 0.2) is 6.20 Å². The molecule has 0 saturated heterocycles. The van der Waals surface area contributed by atoms with Crippen molar-refractivity contribution < 1.29 is 4.79 Å². The molecule has 0 aliphatic heterocycles. The summed E-state index contributed by atoms with van der Waals surface area (Å²) >= 11 is 1.30. The van der Waals surface area contributed by atoms with Gasteiger partial charge in [0.25, 0.3) is 5.91 Å². The van der Waals surface area contributed by atoms with E-state index < -0.39 is 5.91 Å². The first kappa shape index (κ1) is 10.8. The van der Waals surface area contributed by atoms with Crippen molar-refractivity contribution >= 4 is 17.2 Å². The first-order chi connectivity index (χ1) is 7.50. The molecule has 0 fully saturated rings. The molecule has 0 spiro atoms. The number of primary amides is 1. The minimum absolute atomic E-state index is 0.442. The number of rotatable bonds is 2. The zero-order chi connectivity index (χ0) is 11.9. The molecule has 0 atom stereocenters. The molecule has 2 aromatic rings. The van der Waals surface area contributed by atoms with E-state index in [9.17, 15) is 4.79 Å². The Hall–Kier alpha value is -1.69. The number of hydrogen-bond acceptors (Lipinski definition) is 4. The van der Waals surface area contributed by atoms with Gasteiger partial charge in [0.2, 0.25) is 0 Å². The molecule has 16 heavy (non-hydrogen) atoms. The van der Waals surface area contributed by atoms with Crippen LogP contribution in [0.1, 0.15) is 21.1 Å². The average molecular weight is 236 g/mol. The molecule has 6 heteroatoms. The lowest BCUT2D eigenvalue weighted by atomic mass is 10.2. The standard InChI is InChI=1S/C10H12N4OS/c1-5-8(6(2)14(3)13-5)10-12-4-7(16-10)9(11)15/h4H,1-3H3,(H2,11,15). The minimum atomic E-state index is -0.442. The minimum Gasteiger partial charge on any atom is -0.365 e. The predicted molar refractivity (Wildman–Crippen MR) is 62.3 cm³/mol. The van der Waals surface area contributed by atoms with Crippen molar-refractivity contribution in [3.05, 3.63) is 22.5 Å². The molecule has 0 radical (unpaired) electrons. The maximum atomic E-state index is 11.0. The summed E-state index contributed by atoms with van der Waals surface area (Å²) < 4.78 is 1.80.